The van der Waals surface area contributed by atoms with Gasteiger partial charge in [-0.2, -0.15) is 0 Å². The van der Waals surface area contributed by atoms with E-state index in [1.165, 1.54) is 5.56 Å². The van der Waals surface area contributed by atoms with Crippen molar-refractivity contribution in [2.45, 2.75) is 41.0 Å². The summed E-state index contributed by atoms with van der Waals surface area (Å²) in [6.07, 6.45) is 2.98. The van der Waals surface area contributed by atoms with Crippen LogP contribution in [0.25, 0.3) is 0 Å². The van der Waals surface area contributed by atoms with E-state index in [0.29, 0.717) is 5.92 Å². The second kappa shape index (κ2) is 5.15. The van der Waals surface area contributed by atoms with E-state index in [1.807, 2.05) is 20.0 Å². The molecule has 15 heavy (non-hydrogen) atoms. The molecule has 0 fully saturated rings. The second-order valence-electron chi connectivity index (χ2n) is 4.51. The molecule has 0 saturated heterocycles. The maximum Gasteiger partial charge on any atom is 0.128 e. The predicted molar refractivity (Wildman–Crippen MR) is 63.4 cm³/mol. The third-order valence-electron chi connectivity index (χ3n) is 2.63. The topological polar surface area (TPSA) is 22.1 Å². The van der Waals surface area contributed by atoms with E-state index in [4.69, 9.17) is 4.74 Å². The van der Waals surface area contributed by atoms with Crippen LogP contribution in [0.1, 0.15) is 37.1 Å². The average Bonchev–Trinajstić information content (AvgIpc) is 2.17. The van der Waals surface area contributed by atoms with Crippen LogP contribution < -0.4 is 4.74 Å². The third-order valence-corrected chi connectivity index (χ3v) is 2.63. The summed E-state index contributed by atoms with van der Waals surface area (Å²) in [7, 11) is 0. The highest BCUT2D eigenvalue weighted by Crippen LogP contribution is 2.24. The monoisotopic (exact) mass is 207 g/mol. The number of aromatic nitrogens is 1. The van der Waals surface area contributed by atoms with Gasteiger partial charge < -0.3 is 4.74 Å². The molecule has 0 aliphatic carbocycles. The van der Waals surface area contributed by atoms with Crippen molar-refractivity contribution < 1.29 is 4.74 Å². The molecule has 0 saturated carbocycles. The van der Waals surface area contributed by atoms with Gasteiger partial charge in [0.1, 0.15) is 5.75 Å². The van der Waals surface area contributed by atoms with Crippen LogP contribution in [0.2, 0.25) is 0 Å². The lowest BCUT2D eigenvalue weighted by Crippen LogP contribution is -2.05. The molecular formula is C13H21NO. The summed E-state index contributed by atoms with van der Waals surface area (Å²) in [4.78, 5) is 4.30. The lowest BCUT2D eigenvalue weighted by molar-refractivity contribution is 0.285. The van der Waals surface area contributed by atoms with E-state index in [-0.39, 0.29) is 0 Å². The Morgan fingerprint density at radius 1 is 1.27 bits per heavy atom. The Morgan fingerprint density at radius 2 is 1.93 bits per heavy atom. The lowest BCUT2D eigenvalue weighted by Gasteiger charge is -2.14. The Hall–Kier alpha value is -1.05. The van der Waals surface area contributed by atoms with Crippen LogP contribution >= 0.6 is 0 Å². The van der Waals surface area contributed by atoms with Crippen molar-refractivity contribution in [3.63, 3.8) is 0 Å². The van der Waals surface area contributed by atoms with E-state index in [0.717, 1.165) is 30.0 Å². The normalized spacial score (nSPS) is 10.8. The van der Waals surface area contributed by atoms with Crippen molar-refractivity contribution in [3.05, 3.63) is 23.0 Å². The molecule has 2 heteroatoms. The van der Waals surface area contributed by atoms with Crippen LogP contribution in [0.15, 0.2) is 6.20 Å². The zero-order chi connectivity index (χ0) is 11.4. The Bertz CT molecular complexity index is 332. The fourth-order valence-corrected chi connectivity index (χ4v) is 1.43. The summed E-state index contributed by atoms with van der Waals surface area (Å²) in [5, 5.41) is 0. The van der Waals surface area contributed by atoms with Crippen LogP contribution in [0.5, 0.6) is 5.75 Å². The number of rotatable bonds is 4. The SMILES string of the molecule is Cc1cnc(C)c(C)c1OCCC(C)C. The van der Waals surface area contributed by atoms with Crippen LogP contribution in [-0.2, 0) is 0 Å². The Morgan fingerprint density at radius 3 is 2.53 bits per heavy atom. The molecule has 1 aromatic rings. The number of pyridine rings is 1. The molecule has 0 unspecified atom stereocenters. The molecule has 0 aliphatic heterocycles. The highest BCUT2D eigenvalue weighted by Gasteiger charge is 2.07. The molecule has 0 atom stereocenters. The van der Waals surface area contributed by atoms with Crippen molar-refractivity contribution >= 4 is 0 Å². The Kier molecular flexibility index (Phi) is 4.13. The summed E-state index contributed by atoms with van der Waals surface area (Å²) in [5.74, 6) is 1.71. The molecule has 0 aromatic carbocycles. The molecule has 84 valence electrons. The van der Waals surface area contributed by atoms with E-state index in [1.54, 1.807) is 0 Å². The molecule has 0 bridgehead atoms. The van der Waals surface area contributed by atoms with Gasteiger partial charge in [0.15, 0.2) is 0 Å². The minimum Gasteiger partial charge on any atom is -0.493 e. The van der Waals surface area contributed by atoms with Gasteiger partial charge >= 0.3 is 0 Å². The summed E-state index contributed by atoms with van der Waals surface area (Å²) in [6, 6.07) is 0. The zero-order valence-electron chi connectivity index (χ0n) is 10.4. The summed E-state index contributed by atoms with van der Waals surface area (Å²) in [6.45, 7) is 11.3. The van der Waals surface area contributed by atoms with E-state index >= 15 is 0 Å². The molecule has 0 amide bonds. The predicted octanol–water partition coefficient (Wildman–Crippen LogP) is 3.43. The van der Waals surface area contributed by atoms with Crippen molar-refractivity contribution in [2.24, 2.45) is 5.92 Å². The van der Waals surface area contributed by atoms with Crippen molar-refractivity contribution in [1.29, 1.82) is 0 Å². The minimum atomic E-state index is 0.688. The van der Waals surface area contributed by atoms with Crippen LogP contribution in [-0.4, -0.2) is 11.6 Å². The van der Waals surface area contributed by atoms with E-state index in [9.17, 15) is 0 Å². The largest absolute Gasteiger partial charge is 0.493 e. The van der Waals surface area contributed by atoms with Gasteiger partial charge in [-0.15, -0.1) is 0 Å². The molecule has 0 spiro atoms. The number of hydrogen-bond acceptors (Lipinski definition) is 2. The summed E-state index contributed by atoms with van der Waals surface area (Å²) in [5.41, 5.74) is 3.35. The quantitative estimate of drug-likeness (QED) is 0.754. The highest BCUT2D eigenvalue weighted by molar-refractivity contribution is 5.40. The zero-order valence-corrected chi connectivity index (χ0v) is 10.4. The van der Waals surface area contributed by atoms with Crippen molar-refractivity contribution in [1.82, 2.24) is 4.98 Å². The van der Waals surface area contributed by atoms with Gasteiger partial charge in [-0.05, 0) is 33.1 Å². The molecular weight excluding hydrogens is 186 g/mol. The van der Waals surface area contributed by atoms with Gasteiger partial charge in [0.25, 0.3) is 0 Å². The van der Waals surface area contributed by atoms with Gasteiger partial charge in [-0.1, -0.05) is 13.8 Å². The first-order chi connectivity index (χ1) is 7.02. The molecule has 0 N–H and O–H groups in total. The van der Waals surface area contributed by atoms with Gasteiger partial charge in [0.05, 0.1) is 6.61 Å². The molecule has 1 rings (SSSR count). The van der Waals surface area contributed by atoms with E-state index < -0.39 is 0 Å². The summed E-state index contributed by atoms with van der Waals surface area (Å²) >= 11 is 0. The standard InChI is InChI=1S/C13H21NO/c1-9(2)6-7-15-13-10(3)8-14-12(5)11(13)4/h8-9H,6-7H2,1-5H3. The fourth-order valence-electron chi connectivity index (χ4n) is 1.43. The number of nitrogens with zero attached hydrogens (tertiary/aromatic N) is 1. The van der Waals surface area contributed by atoms with Gasteiger partial charge in [0, 0.05) is 23.0 Å². The molecule has 2 nitrogen and oxygen atoms in total. The Balaban J connectivity index is 2.71. The fraction of sp³-hybridized carbons (Fsp3) is 0.615. The molecule has 1 aromatic heterocycles. The molecule has 0 aliphatic rings. The van der Waals surface area contributed by atoms with Crippen molar-refractivity contribution in [3.8, 4) is 5.75 Å². The van der Waals surface area contributed by atoms with Crippen molar-refractivity contribution in [2.75, 3.05) is 6.61 Å². The van der Waals surface area contributed by atoms with Crippen LogP contribution in [0.4, 0.5) is 0 Å². The van der Waals surface area contributed by atoms with Gasteiger partial charge in [-0.3, -0.25) is 4.98 Å². The number of ether oxygens (including phenoxy) is 1. The second-order valence-corrected chi connectivity index (χ2v) is 4.51. The maximum atomic E-state index is 5.82. The minimum absolute atomic E-state index is 0.688. The lowest BCUT2D eigenvalue weighted by atomic mass is 10.1. The third kappa shape index (κ3) is 3.22. The van der Waals surface area contributed by atoms with Crippen LogP contribution in [0.3, 0.4) is 0 Å². The number of aryl methyl sites for hydroxylation is 2. The van der Waals surface area contributed by atoms with Gasteiger partial charge in [0.2, 0.25) is 0 Å². The smallest absolute Gasteiger partial charge is 0.128 e. The van der Waals surface area contributed by atoms with Crippen LogP contribution in [0, 0.1) is 26.7 Å². The van der Waals surface area contributed by atoms with Gasteiger partial charge in [-0.25, -0.2) is 0 Å². The average molecular weight is 207 g/mol. The Labute approximate surface area is 92.7 Å². The first kappa shape index (κ1) is 12.0. The summed E-state index contributed by atoms with van der Waals surface area (Å²) < 4.78 is 5.82. The first-order valence-electron chi connectivity index (χ1n) is 5.58. The maximum absolute atomic E-state index is 5.82. The van der Waals surface area contributed by atoms with E-state index in [2.05, 4.69) is 25.8 Å². The highest BCUT2D eigenvalue weighted by atomic mass is 16.5. The molecule has 0 radical (unpaired) electrons. The molecule has 1 heterocycles. The number of hydrogen-bond donors (Lipinski definition) is 0. The first-order valence-corrected chi connectivity index (χ1v) is 5.58.